The lowest BCUT2D eigenvalue weighted by molar-refractivity contribution is -0.151. The van der Waals surface area contributed by atoms with Gasteiger partial charge in [0.25, 0.3) is 0 Å². The van der Waals surface area contributed by atoms with E-state index in [1.54, 1.807) is 12.0 Å². The molecule has 1 heterocycles. The maximum Gasteiger partial charge on any atom is 0.311 e. The quantitative estimate of drug-likeness (QED) is 0.680. The molecule has 0 spiro atoms. The molecule has 1 saturated heterocycles. The van der Waals surface area contributed by atoms with Crippen molar-refractivity contribution in [3.63, 3.8) is 0 Å². The largest absolute Gasteiger partial charge is 0.497 e. The van der Waals surface area contributed by atoms with Gasteiger partial charge >= 0.3 is 5.97 Å². The number of hydrogen-bond acceptors (Lipinski definition) is 3. The molecule has 1 aromatic carbocycles. The SMILES string of the molecule is COc1ccc(CCCCCC(=O)N2CCC(C(=O)O)(C(C)C)C2)cc1. The molecule has 5 nitrogen and oxygen atoms in total. The van der Waals surface area contributed by atoms with Crippen LogP contribution < -0.4 is 4.74 Å². The first-order chi connectivity index (χ1) is 12.4. The number of rotatable bonds is 9. The molecule has 1 aliphatic heterocycles. The second-order valence-corrected chi connectivity index (χ2v) is 7.59. The van der Waals surface area contributed by atoms with Gasteiger partial charge in [-0.05, 0) is 49.3 Å². The van der Waals surface area contributed by atoms with Gasteiger partial charge < -0.3 is 14.7 Å². The first-order valence-electron chi connectivity index (χ1n) is 9.53. The number of benzene rings is 1. The highest BCUT2D eigenvalue weighted by Crippen LogP contribution is 2.38. The lowest BCUT2D eigenvalue weighted by Gasteiger charge is -2.28. The van der Waals surface area contributed by atoms with Crippen LogP contribution in [0, 0.1) is 11.3 Å². The van der Waals surface area contributed by atoms with Gasteiger partial charge in [-0.3, -0.25) is 9.59 Å². The Morgan fingerprint density at radius 3 is 2.42 bits per heavy atom. The number of aryl methyl sites for hydroxylation is 1. The highest BCUT2D eigenvalue weighted by molar-refractivity contribution is 5.80. The van der Waals surface area contributed by atoms with Crippen molar-refractivity contribution in [1.29, 1.82) is 0 Å². The van der Waals surface area contributed by atoms with Crippen LogP contribution in [-0.4, -0.2) is 42.1 Å². The van der Waals surface area contributed by atoms with Gasteiger partial charge in [-0.15, -0.1) is 0 Å². The molecule has 2 rings (SSSR count). The van der Waals surface area contributed by atoms with Gasteiger partial charge in [0.05, 0.1) is 12.5 Å². The molecule has 0 bridgehead atoms. The number of nitrogens with zero attached hydrogens (tertiary/aromatic N) is 1. The number of unbranched alkanes of at least 4 members (excludes halogenated alkanes) is 2. The monoisotopic (exact) mass is 361 g/mol. The van der Waals surface area contributed by atoms with Gasteiger partial charge in [-0.2, -0.15) is 0 Å². The third kappa shape index (κ3) is 4.77. The summed E-state index contributed by atoms with van der Waals surface area (Å²) in [5.41, 5.74) is 0.504. The van der Waals surface area contributed by atoms with Crippen LogP contribution in [-0.2, 0) is 16.0 Å². The predicted molar refractivity (Wildman–Crippen MR) is 101 cm³/mol. The summed E-state index contributed by atoms with van der Waals surface area (Å²) in [6.07, 6.45) is 4.97. The van der Waals surface area contributed by atoms with Crippen molar-refractivity contribution in [1.82, 2.24) is 4.90 Å². The van der Waals surface area contributed by atoms with Crippen molar-refractivity contribution in [3.05, 3.63) is 29.8 Å². The van der Waals surface area contributed by atoms with Gasteiger partial charge in [0.15, 0.2) is 0 Å². The third-order valence-electron chi connectivity index (χ3n) is 5.70. The Hall–Kier alpha value is -2.04. The number of carbonyl (C=O) groups excluding carboxylic acids is 1. The molecule has 144 valence electrons. The lowest BCUT2D eigenvalue weighted by atomic mass is 9.76. The number of hydrogen-bond donors (Lipinski definition) is 1. The number of ether oxygens (including phenoxy) is 1. The van der Waals surface area contributed by atoms with Crippen molar-refractivity contribution >= 4 is 11.9 Å². The zero-order valence-corrected chi connectivity index (χ0v) is 16.2. The molecule has 1 N–H and O–H groups in total. The van der Waals surface area contributed by atoms with Crippen molar-refractivity contribution in [2.75, 3.05) is 20.2 Å². The van der Waals surface area contributed by atoms with Crippen molar-refractivity contribution < 1.29 is 19.4 Å². The summed E-state index contributed by atoms with van der Waals surface area (Å²) in [5.74, 6) is 0.214. The third-order valence-corrected chi connectivity index (χ3v) is 5.70. The van der Waals surface area contributed by atoms with Crippen molar-refractivity contribution in [3.8, 4) is 5.75 Å². The Morgan fingerprint density at radius 2 is 1.88 bits per heavy atom. The number of aliphatic carboxylic acids is 1. The fraction of sp³-hybridized carbons (Fsp3) is 0.619. The van der Waals surface area contributed by atoms with E-state index in [1.807, 2.05) is 26.0 Å². The van der Waals surface area contributed by atoms with Crippen LogP contribution in [0.4, 0.5) is 0 Å². The zero-order valence-electron chi connectivity index (χ0n) is 16.2. The Bertz CT molecular complexity index is 611. The van der Waals surface area contributed by atoms with E-state index in [2.05, 4.69) is 12.1 Å². The Labute approximate surface area is 156 Å². The fourth-order valence-corrected chi connectivity index (χ4v) is 3.67. The van der Waals surface area contributed by atoms with E-state index in [0.717, 1.165) is 31.4 Å². The maximum absolute atomic E-state index is 12.4. The molecule has 1 amide bonds. The average molecular weight is 361 g/mol. The zero-order chi connectivity index (χ0) is 19.2. The van der Waals surface area contributed by atoms with Crippen LogP contribution in [0.15, 0.2) is 24.3 Å². The van der Waals surface area contributed by atoms with E-state index in [1.165, 1.54) is 5.56 Å². The number of amides is 1. The van der Waals surface area contributed by atoms with Crippen LogP contribution in [0.3, 0.4) is 0 Å². The van der Waals surface area contributed by atoms with E-state index in [-0.39, 0.29) is 11.8 Å². The minimum Gasteiger partial charge on any atom is -0.497 e. The number of methoxy groups -OCH3 is 1. The minimum atomic E-state index is -0.776. The molecule has 0 radical (unpaired) electrons. The summed E-state index contributed by atoms with van der Waals surface area (Å²) in [4.78, 5) is 25.8. The Kier molecular flexibility index (Phi) is 7.06. The number of carboxylic acid groups (broad SMARTS) is 1. The van der Waals surface area contributed by atoms with Gasteiger partial charge in [-0.1, -0.05) is 32.4 Å². The molecule has 1 fully saturated rings. The molecule has 5 heteroatoms. The minimum absolute atomic E-state index is 0.0299. The molecule has 26 heavy (non-hydrogen) atoms. The summed E-state index contributed by atoms with van der Waals surface area (Å²) in [5, 5.41) is 9.58. The number of likely N-dealkylation sites (tertiary alicyclic amines) is 1. The maximum atomic E-state index is 12.4. The van der Waals surface area contributed by atoms with Gasteiger partial charge in [0, 0.05) is 19.5 Å². The molecule has 1 aliphatic rings. The van der Waals surface area contributed by atoms with Crippen LogP contribution in [0.25, 0.3) is 0 Å². The van der Waals surface area contributed by atoms with Gasteiger partial charge in [-0.25, -0.2) is 0 Å². The molecule has 0 aromatic heterocycles. The summed E-state index contributed by atoms with van der Waals surface area (Å²) in [6, 6.07) is 8.09. The molecule has 1 unspecified atom stereocenters. The second kappa shape index (κ2) is 9.06. The average Bonchev–Trinajstić information content (AvgIpc) is 3.09. The van der Waals surface area contributed by atoms with Gasteiger partial charge in [0.1, 0.15) is 5.75 Å². The fourth-order valence-electron chi connectivity index (χ4n) is 3.67. The van der Waals surface area contributed by atoms with Crippen molar-refractivity contribution in [2.45, 2.75) is 52.4 Å². The number of carbonyl (C=O) groups is 2. The summed E-state index contributed by atoms with van der Waals surface area (Å²) in [6.45, 7) is 4.78. The smallest absolute Gasteiger partial charge is 0.311 e. The van der Waals surface area contributed by atoms with E-state index >= 15 is 0 Å². The Morgan fingerprint density at radius 1 is 1.19 bits per heavy atom. The number of carboxylic acids is 1. The highest BCUT2D eigenvalue weighted by Gasteiger charge is 2.48. The van der Waals surface area contributed by atoms with Crippen LogP contribution in [0.5, 0.6) is 5.75 Å². The summed E-state index contributed by atoms with van der Waals surface area (Å²) in [7, 11) is 1.66. The predicted octanol–water partition coefficient (Wildman–Crippen LogP) is 3.76. The molecule has 1 atom stereocenters. The van der Waals surface area contributed by atoms with Crippen molar-refractivity contribution in [2.24, 2.45) is 11.3 Å². The normalized spacial score (nSPS) is 19.8. The molecular weight excluding hydrogens is 330 g/mol. The topological polar surface area (TPSA) is 66.8 Å². The molecular formula is C21H31NO4. The summed E-state index contributed by atoms with van der Waals surface area (Å²) < 4.78 is 5.15. The van der Waals surface area contributed by atoms with E-state index in [9.17, 15) is 14.7 Å². The summed E-state index contributed by atoms with van der Waals surface area (Å²) >= 11 is 0. The molecule has 0 aliphatic carbocycles. The first-order valence-corrected chi connectivity index (χ1v) is 9.53. The van der Waals surface area contributed by atoms with E-state index < -0.39 is 11.4 Å². The Balaban J connectivity index is 1.70. The van der Waals surface area contributed by atoms with Crippen LogP contribution in [0.1, 0.15) is 51.5 Å². The standard InChI is InChI=1S/C21H31NO4/c1-16(2)21(20(24)25)13-14-22(15-21)19(23)8-6-4-5-7-17-9-11-18(26-3)12-10-17/h9-12,16H,4-8,13-15H2,1-3H3,(H,24,25). The van der Waals surface area contributed by atoms with E-state index in [0.29, 0.717) is 25.9 Å². The van der Waals surface area contributed by atoms with Crippen LogP contribution >= 0.6 is 0 Å². The molecule has 1 aromatic rings. The highest BCUT2D eigenvalue weighted by atomic mass is 16.5. The van der Waals surface area contributed by atoms with Crippen LogP contribution in [0.2, 0.25) is 0 Å². The van der Waals surface area contributed by atoms with Gasteiger partial charge in [0.2, 0.25) is 5.91 Å². The first kappa shape index (κ1) is 20.3. The second-order valence-electron chi connectivity index (χ2n) is 7.59. The lowest BCUT2D eigenvalue weighted by Crippen LogP contribution is -2.40. The molecule has 0 saturated carbocycles. The van der Waals surface area contributed by atoms with E-state index in [4.69, 9.17) is 4.74 Å².